The second-order valence-electron chi connectivity index (χ2n) is 8.20. The quantitative estimate of drug-likeness (QED) is 0.393. The van der Waals surface area contributed by atoms with Gasteiger partial charge < -0.3 is 14.8 Å². The molecule has 0 saturated heterocycles. The van der Waals surface area contributed by atoms with Crippen LogP contribution in [-0.4, -0.2) is 11.1 Å². The number of fused-ring (bicyclic) bond motifs is 1. The number of aryl methyl sites for hydroxylation is 2. The van der Waals surface area contributed by atoms with Gasteiger partial charge in [0.05, 0.1) is 17.0 Å². The van der Waals surface area contributed by atoms with E-state index in [1.54, 1.807) is 31.2 Å². The van der Waals surface area contributed by atoms with Gasteiger partial charge in [-0.15, -0.1) is 0 Å². The van der Waals surface area contributed by atoms with Crippen molar-refractivity contribution in [3.05, 3.63) is 98.7 Å². The molecule has 5 heteroatoms. The summed E-state index contributed by atoms with van der Waals surface area (Å²) in [6.07, 6.45) is 0. The summed E-state index contributed by atoms with van der Waals surface area (Å²) in [5.74, 6) is -0.455. The number of rotatable bonds is 5. The number of hydrogen-bond acceptors (Lipinski definition) is 4. The average Bonchev–Trinajstić information content (AvgIpc) is 2.77. The molecule has 0 amide bonds. The van der Waals surface area contributed by atoms with Gasteiger partial charge in [0.1, 0.15) is 11.3 Å². The molecule has 0 aliphatic carbocycles. The Balaban J connectivity index is 1.89. The number of para-hydroxylation sites is 1. The maximum absolute atomic E-state index is 13.3. The van der Waals surface area contributed by atoms with Gasteiger partial charge >= 0.3 is 5.97 Å². The van der Waals surface area contributed by atoms with Gasteiger partial charge in [-0.2, -0.15) is 0 Å². The molecule has 1 atom stereocenters. The fourth-order valence-electron chi connectivity index (χ4n) is 3.98. The lowest BCUT2D eigenvalue weighted by molar-refractivity contribution is 0.0698. The molecule has 32 heavy (non-hydrogen) atoms. The number of benzene rings is 3. The van der Waals surface area contributed by atoms with Crippen LogP contribution in [0, 0.1) is 20.8 Å². The van der Waals surface area contributed by atoms with Crippen molar-refractivity contribution in [1.82, 2.24) is 0 Å². The SMILES string of the molecule is Cc1ccc(-c2oc3c([C@@H](C)Nc4ccccc4C(=O)O)cc(C)cc3c(=O)c2C)cc1. The highest BCUT2D eigenvalue weighted by Crippen LogP contribution is 2.32. The molecule has 0 radical (unpaired) electrons. The molecular weight excluding hydrogens is 402 g/mol. The molecule has 0 saturated carbocycles. The minimum atomic E-state index is -1.00. The van der Waals surface area contributed by atoms with Gasteiger partial charge in [-0.25, -0.2) is 4.79 Å². The smallest absolute Gasteiger partial charge is 0.337 e. The molecule has 1 aromatic heterocycles. The summed E-state index contributed by atoms with van der Waals surface area (Å²) < 4.78 is 6.37. The molecule has 0 spiro atoms. The molecule has 5 nitrogen and oxygen atoms in total. The number of anilines is 1. The third kappa shape index (κ3) is 3.89. The van der Waals surface area contributed by atoms with Crippen LogP contribution >= 0.6 is 0 Å². The Morgan fingerprint density at radius 2 is 1.66 bits per heavy atom. The van der Waals surface area contributed by atoms with E-state index in [1.165, 1.54) is 0 Å². The molecular formula is C27H25NO4. The third-order valence-electron chi connectivity index (χ3n) is 5.70. The van der Waals surface area contributed by atoms with E-state index in [4.69, 9.17) is 4.42 Å². The minimum Gasteiger partial charge on any atom is -0.478 e. The van der Waals surface area contributed by atoms with E-state index < -0.39 is 5.97 Å². The van der Waals surface area contributed by atoms with Crippen LogP contribution < -0.4 is 10.7 Å². The number of carboxylic acid groups (broad SMARTS) is 1. The molecule has 4 aromatic rings. The Hall–Kier alpha value is -3.86. The van der Waals surface area contributed by atoms with Crippen LogP contribution in [0.2, 0.25) is 0 Å². The average molecular weight is 428 g/mol. The van der Waals surface area contributed by atoms with Gasteiger partial charge in [0.25, 0.3) is 0 Å². The van der Waals surface area contributed by atoms with Gasteiger partial charge in [-0.1, -0.05) is 48.0 Å². The van der Waals surface area contributed by atoms with Crippen LogP contribution in [0.5, 0.6) is 0 Å². The van der Waals surface area contributed by atoms with E-state index in [-0.39, 0.29) is 17.0 Å². The van der Waals surface area contributed by atoms with E-state index in [9.17, 15) is 14.7 Å². The van der Waals surface area contributed by atoms with Gasteiger partial charge in [-0.05, 0) is 51.5 Å². The van der Waals surface area contributed by atoms with Crippen molar-refractivity contribution in [2.75, 3.05) is 5.32 Å². The second-order valence-corrected chi connectivity index (χ2v) is 8.20. The van der Waals surface area contributed by atoms with E-state index in [1.807, 2.05) is 57.2 Å². The number of carboxylic acids is 1. The number of hydrogen-bond donors (Lipinski definition) is 2. The van der Waals surface area contributed by atoms with Crippen molar-refractivity contribution in [3.8, 4) is 11.3 Å². The van der Waals surface area contributed by atoms with E-state index >= 15 is 0 Å². The van der Waals surface area contributed by atoms with Crippen molar-refractivity contribution in [2.24, 2.45) is 0 Å². The Kier molecular flexibility index (Phi) is 5.57. The van der Waals surface area contributed by atoms with Crippen molar-refractivity contribution in [3.63, 3.8) is 0 Å². The Morgan fingerprint density at radius 1 is 0.969 bits per heavy atom. The molecule has 0 unspecified atom stereocenters. The standard InChI is InChI=1S/C27H25NO4/c1-15-9-11-19(12-10-15)25-17(3)24(29)22-14-16(2)13-21(26(22)32-25)18(4)28-23-8-6-5-7-20(23)27(30)31/h5-14,18,28H,1-4H3,(H,30,31)/t18-/m1/s1. The van der Waals surface area contributed by atoms with Crippen LogP contribution in [0.1, 0.15) is 45.6 Å². The minimum absolute atomic E-state index is 0.0649. The molecule has 2 N–H and O–H groups in total. The Morgan fingerprint density at radius 3 is 2.34 bits per heavy atom. The van der Waals surface area contributed by atoms with E-state index in [2.05, 4.69) is 5.32 Å². The summed E-state index contributed by atoms with van der Waals surface area (Å²) in [7, 11) is 0. The van der Waals surface area contributed by atoms with Crippen LogP contribution in [0.25, 0.3) is 22.3 Å². The predicted molar refractivity (Wildman–Crippen MR) is 128 cm³/mol. The molecule has 0 aliphatic rings. The predicted octanol–water partition coefficient (Wildman–Crippen LogP) is 6.26. The summed E-state index contributed by atoms with van der Waals surface area (Å²) in [5.41, 5.74) is 5.41. The summed E-state index contributed by atoms with van der Waals surface area (Å²) in [6, 6.07) is 18.2. The summed E-state index contributed by atoms with van der Waals surface area (Å²) in [5, 5.41) is 13.3. The Labute approximate surface area is 186 Å². The zero-order chi connectivity index (χ0) is 23.0. The molecule has 162 valence electrons. The highest BCUT2D eigenvalue weighted by Gasteiger charge is 2.20. The first kappa shape index (κ1) is 21.4. The molecule has 3 aromatic carbocycles. The highest BCUT2D eigenvalue weighted by molar-refractivity contribution is 5.94. The monoisotopic (exact) mass is 427 g/mol. The largest absolute Gasteiger partial charge is 0.478 e. The zero-order valence-corrected chi connectivity index (χ0v) is 18.5. The first-order chi connectivity index (χ1) is 15.3. The lowest BCUT2D eigenvalue weighted by Gasteiger charge is -2.20. The van der Waals surface area contributed by atoms with Gasteiger partial charge in [0, 0.05) is 22.4 Å². The highest BCUT2D eigenvalue weighted by atomic mass is 16.4. The fraction of sp³-hybridized carbons (Fsp3) is 0.185. The van der Waals surface area contributed by atoms with Crippen LogP contribution in [0.4, 0.5) is 5.69 Å². The van der Waals surface area contributed by atoms with Crippen molar-refractivity contribution in [2.45, 2.75) is 33.7 Å². The first-order valence-electron chi connectivity index (χ1n) is 10.5. The van der Waals surface area contributed by atoms with Crippen molar-refractivity contribution >= 4 is 22.6 Å². The lowest BCUT2D eigenvalue weighted by Crippen LogP contribution is -2.14. The van der Waals surface area contributed by atoms with Gasteiger partial charge in [-0.3, -0.25) is 4.79 Å². The van der Waals surface area contributed by atoms with Crippen molar-refractivity contribution < 1.29 is 14.3 Å². The van der Waals surface area contributed by atoms with Crippen molar-refractivity contribution in [1.29, 1.82) is 0 Å². The molecule has 0 fully saturated rings. The van der Waals surface area contributed by atoms with Crippen LogP contribution in [-0.2, 0) is 0 Å². The number of aromatic carboxylic acids is 1. The molecule has 1 heterocycles. The van der Waals surface area contributed by atoms with Crippen LogP contribution in [0.15, 0.2) is 69.9 Å². The third-order valence-corrected chi connectivity index (χ3v) is 5.70. The fourth-order valence-corrected chi connectivity index (χ4v) is 3.98. The second kappa shape index (κ2) is 8.35. The summed E-state index contributed by atoms with van der Waals surface area (Å²) in [4.78, 5) is 24.9. The van der Waals surface area contributed by atoms with Gasteiger partial charge in [0.15, 0.2) is 5.43 Å². The maximum atomic E-state index is 13.3. The van der Waals surface area contributed by atoms with Crippen LogP contribution in [0.3, 0.4) is 0 Å². The summed E-state index contributed by atoms with van der Waals surface area (Å²) >= 11 is 0. The normalized spacial score (nSPS) is 12.0. The maximum Gasteiger partial charge on any atom is 0.337 e. The Bertz CT molecular complexity index is 1380. The van der Waals surface area contributed by atoms with E-state index in [0.717, 1.165) is 22.3 Å². The number of carbonyl (C=O) groups is 1. The topological polar surface area (TPSA) is 79.5 Å². The zero-order valence-electron chi connectivity index (χ0n) is 18.5. The lowest BCUT2D eigenvalue weighted by atomic mass is 9.98. The molecule has 0 bridgehead atoms. The van der Waals surface area contributed by atoms with E-state index in [0.29, 0.717) is 28.0 Å². The molecule has 0 aliphatic heterocycles. The summed E-state index contributed by atoms with van der Waals surface area (Å²) in [6.45, 7) is 7.66. The van der Waals surface area contributed by atoms with Gasteiger partial charge in [0.2, 0.25) is 0 Å². The first-order valence-corrected chi connectivity index (χ1v) is 10.5. The number of nitrogens with one attached hydrogen (secondary N) is 1. The molecule has 4 rings (SSSR count).